The maximum atomic E-state index is 12.7. The van der Waals surface area contributed by atoms with Crippen molar-refractivity contribution in [3.8, 4) is 0 Å². The molecule has 8 nitrogen and oxygen atoms in total. The summed E-state index contributed by atoms with van der Waals surface area (Å²) in [5.74, 6) is -1.77. The minimum atomic E-state index is -1.32. The molecule has 1 saturated heterocycles. The molecule has 1 aromatic heterocycles. The van der Waals surface area contributed by atoms with E-state index in [1.54, 1.807) is 0 Å². The molecule has 1 aliphatic heterocycles. The molecule has 2 heterocycles. The molecule has 1 N–H and O–H groups in total. The fraction of sp³-hybridized carbons (Fsp3) is 0.250. The van der Waals surface area contributed by atoms with Crippen molar-refractivity contribution in [1.82, 2.24) is 4.90 Å². The molecular formula is C16H14N2O6S. The van der Waals surface area contributed by atoms with Crippen molar-refractivity contribution in [2.24, 2.45) is 0 Å². The second kappa shape index (κ2) is 6.99. The van der Waals surface area contributed by atoms with E-state index < -0.39 is 22.5 Å². The Morgan fingerprint density at radius 3 is 2.72 bits per heavy atom. The normalized spacial score (nSPS) is 17.3. The number of morpholine rings is 1. The smallest absolute Gasteiger partial charge is 0.335 e. The van der Waals surface area contributed by atoms with Crippen LogP contribution in [0.3, 0.4) is 0 Å². The van der Waals surface area contributed by atoms with Crippen molar-refractivity contribution in [1.29, 1.82) is 0 Å². The van der Waals surface area contributed by atoms with Crippen LogP contribution in [0.25, 0.3) is 0 Å². The SMILES string of the molecule is O=C(O)c1cc(C(=O)N2CCOC(c3ccsc3)C2)cc([N+](=O)[O-])c1. The third-order valence-electron chi connectivity index (χ3n) is 3.89. The Labute approximate surface area is 146 Å². The third kappa shape index (κ3) is 3.67. The van der Waals surface area contributed by atoms with E-state index in [-0.39, 0.29) is 17.2 Å². The molecule has 0 radical (unpaired) electrons. The number of nitro benzene ring substituents is 1. The van der Waals surface area contributed by atoms with Crippen LogP contribution in [0.2, 0.25) is 0 Å². The van der Waals surface area contributed by atoms with Gasteiger partial charge < -0.3 is 14.7 Å². The number of rotatable bonds is 4. The summed E-state index contributed by atoms with van der Waals surface area (Å²) in [6.07, 6.45) is -0.262. The van der Waals surface area contributed by atoms with Crippen molar-refractivity contribution in [2.75, 3.05) is 19.7 Å². The van der Waals surface area contributed by atoms with Crippen molar-refractivity contribution in [3.63, 3.8) is 0 Å². The van der Waals surface area contributed by atoms with E-state index in [1.165, 1.54) is 16.2 Å². The number of carboxylic acids is 1. The molecule has 2 aromatic rings. The number of nitro groups is 1. The lowest BCUT2D eigenvalue weighted by molar-refractivity contribution is -0.384. The highest BCUT2D eigenvalue weighted by Crippen LogP contribution is 2.26. The minimum absolute atomic E-state index is 0.0161. The third-order valence-corrected chi connectivity index (χ3v) is 4.59. The highest BCUT2D eigenvalue weighted by Gasteiger charge is 2.28. The quantitative estimate of drug-likeness (QED) is 0.661. The second-order valence-electron chi connectivity index (χ2n) is 5.50. The lowest BCUT2D eigenvalue weighted by Gasteiger charge is -2.32. The zero-order chi connectivity index (χ0) is 18.0. The molecule has 1 aromatic carbocycles. The maximum Gasteiger partial charge on any atom is 0.335 e. The van der Waals surface area contributed by atoms with E-state index in [0.29, 0.717) is 19.7 Å². The number of hydrogen-bond donors (Lipinski definition) is 1. The van der Waals surface area contributed by atoms with Gasteiger partial charge in [0.2, 0.25) is 0 Å². The average Bonchev–Trinajstić information content (AvgIpc) is 3.15. The molecule has 130 valence electrons. The highest BCUT2D eigenvalue weighted by atomic mass is 32.1. The van der Waals surface area contributed by atoms with Crippen LogP contribution in [0.4, 0.5) is 5.69 Å². The Hall–Kier alpha value is -2.78. The molecule has 0 saturated carbocycles. The summed E-state index contributed by atoms with van der Waals surface area (Å²) in [6.45, 7) is 0.984. The van der Waals surface area contributed by atoms with Gasteiger partial charge in [0.25, 0.3) is 11.6 Å². The Kier molecular flexibility index (Phi) is 4.77. The number of amides is 1. The Morgan fingerprint density at radius 1 is 1.32 bits per heavy atom. The highest BCUT2D eigenvalue weighted by molar-refractivity contribution is 7.07. The van der Waals surface area contributed by atoms with E-state index in [1.807, 2.05) is 16.8 Å². The number of carbonyl (C=O) groups excluding carboxylic acids is 1. The first-order valence-corrected chi connectivity index (χ1v) is 8.35. The number of aromatic carboxylic acids is 1. The van der Waals surface area contributed by atoms with Crippen LogP contribution in [0.5, 0.6) is 0 Å². The molecule has 1 amide bonds. The van der Waals surface area contributed by atoms with Gasteiger partial charge >= 0.3 is 5.97 Å². The Balaban J connectivity index is 1.87. The first-order chi connectivity index (χ1) is 12.0. The average molecular weight is 362 g/mol. The van der Waals surface area contributed by atoms with Gasteiger partial charge in [-0.3, -0.25) is 14.9 Å². The summed E-state index contributed by atoms with van der Waals surface area (Å²) in [7, 11) is 0. The standard InChI is InChI=1S/C16H14N2O6S/c19-15(11-5-12(16(20)21)7-13(6-11)18(22)23)17-2-3-24-14(8-17)10-1-4-25-9-10/h1,4-7,9,14H,2-3,8H2,(H,20,21). The molecule has 9 heteroatoms. The van der Waals surface area contributed by atoms with Crippen LogP contribution in [-0.4, -0.2) is 46.5 Å². The van der Waals surface area contributed by atoms with Gasteiger partial charge in [0, 0.05) is 24.2 Å². The summed E-state index contributed by atoms with van der Waals surface area (Å²) < 4.78 is 5.67. The molecule has 25 heavy (non-hydrogen) atoms. The van der Waals surface area contributed by atoms with Gasteiger partial charge in [0.1, 0.15) is 6.10 Å². The van der Waals surface area contributed by atoms with Gasteiger partial charge in [-0.05, 0) is 28.5 Å². The van der Waals surface area contributed by atoms with Crippen LogP contribution < -0.4 is 0 Å². The number of ether oxygens (including phenoxy) is 1. The fourth-order valence-corrected chi connectivity index (χ4v) is 3.34. The largest absolute Gasteiger partial charge is 0.478 e. The summed E-state index contributed by atoms with van der Waals surface area (Å²) in [5, 5.41) is 24.0. The first kappa shape index (κ1) is 17.1. The summed E-state index contributed by atoms with van der Waals surface area (Å²) >= 11 is 1.53. The van der Waals surface area contributed by atoms with Gasteiger partial charge in [0.15, 0.2) is 0 Å². The number of benzene rings is 1. The minimum Gasteiger partial charge on any atom is -0.478 e. The van der Waals surface area contributed by atoms with Gasteiger partial charge in [0.05, 0.1) is 23.6 Å². The number of non-ortho nitro benzene ring substituents is 1. The molecule has 1 aliphatic rings. The van der Waals surface area contributed by atoms with Gasteiger partial charge in [-0.1, -0.05) is 0 Å². The van der Waals surface area contributed by atoms with Crippen LogP contribution in [0.15, 0.2) is 35.0 Å². The zero-order valence-electron chi connectivity index (χ0n) is 13.0. The van der Waals surface area contributed by atoms with Crippen LogP contribution >= 0.6 is 11.3 Å². The number of carboxylic acid groups (broad SMARTS) is 1. The predicted octanol–water partition coefficient (Wildman–Crippen LogP) is 2.57. The summed E-state index contributed by atoms with van der Waals surface area (Å²) in [6, 6.07) is 5.11. The molecule has 0 aliphatic carbocycles. The van der Waals surface area contributed by atoms with Gasteiger partial charge in [-0.25, -0.2) is 4.79 Å². The van der Waals surface area contributed by atoms with E-state index in [2.05, 4.69) is 0 Å². The lowest BCUT2D eigenvalue weighted by atomic mass is 10.1. The molecule has 3 rings (SSSR count). The molecular weight excluding hydrogens is 348 g/mol. The maximum absolute atomic E-state index is 12.7. The summed E-state index contributed by atoms with van der Waals surface area (Å²) in [4.78, 5) is 35.7. The van der Waals surface area contributed by atoms with Crippen molar-refractivity contribution in [2.45, 2.75) is 6.10 Å². The van der Waals surface area contributed by atoms with Crippen LogP contribution in [0.1, 0.15) is 32.4 Å². The van der Waals surface area contributed by atoms with E-state index in [0.717, 1.165) is 23.8 Å². The zero-order valence-corrected chi connectivity index (χ0v) is 13.8. The number of hydrogen-bond acceptors (Lipinski definition) is 6. The molecule has 0 bridgehead atoms. The number of carbonyl (C=O) groups is 2. The van der Waals surface area contributed by atoms with Crippen molar-refractivity contribution in [3.05, 3.63) is 61.8 Å². The van der Waals surface area contributed by atoms with Crippen molar-refractivity contribution < 1.29 is 24.4 Å². The van der Waals surface area contributed by atoms with Gasteiger partial charge in [-0.15, -0.1) is 0 Å². The molecule has 0 spiro atoms. The lowest BCUT2D eigenvalue weighted by Crippen LogP contribution is -2.42. The fourth-order valence-electron chi connectivity index (χ4n) is 2.64. The molecule has 1 atom stereocenters. The second-order valence-corrected chi connectivity index (χ2v) is 6.28. The van der Waals surface area contributed by atoms with Crippen LogP contribution in [-0.2, 0) is 4.74 Å². The van der Waals surface area contributed by atoms with Crippen molar-refractivity contribution >= 4 is 28.9 Å². The number of nitrogens with zero attached hydrogens (tertiary/aromatic N) is 2. The Morgan fingerprint density at radius 2 is 2.08 bits per heavy atom. The van der Waals surface area contributed by atoms with Crippen LogP contribution in [0, 0.1) is 10.1 Å². The van der Waals surface area contributed by atoms with E-state index >= 15 is 0 Å². The topological polar surface area (TPSA) is 110 Å². The monoisotopic (exact) mass is 362 g/mol. The van der Waals surface area contributed by atoms with E-state index in [9.17, 15) is 19.7 Å². The molecule has 1 unspecified atom stereocenters. The summed E-state index contributed by atoms with van der Waals surface area (Å²) in [5.41, 5.74) is 0.233. The Bertz CT molecular complexity index is 788. The molecule has 1 fully saturated rings. The predicted molar refractivity (Wildman–Crippen MR) is 89.0 cm³/mol. The first-order valence-electron chi connectivity index (χ1n) is 7.41. The number of thiophene rings is 1. The van der Waals surface area contributed by atoms with E-state index in [4.69, 9.17) is 9.84 Å². The van der Waals surface area contributed by atoms with Gasteiger partial charge in [-0.2, -0.15) is 11.3 Å².